The average molecular weight is 411 g/mol. The van der Waals surface area contributed by atoms with Crippen molar-refractivity contribution < 1.29 is 9.47 Å². The fraction of sp³-hybridized carbons (Fsp3) is 0.417. The highest BCUT2D eigenvalue weighted by molar-refractivity contribution is 7.98. The normalized spacial score (nSPS) is 16.7. The van der Waals surface area contributed by atoms with Gasteiger partial charge in [0.25, 0.3) is 0 Å². The van der Waals surface area contributed by atoms with E-state index in [1.54, 1.807) is 14.2 Å². The van der Waals surface area contributed by atoms with E-state index in [1.165, 1.54) is 27.6 Å². The van der Waals surface area contributed by atoms with Gasteiger partial charge in [-0.25, -0.2) is 0 Å². The number of nitrogens with one attached hydrogen (secondary N) is 1. The first-order valence-electron chi connectivity index (χ1n) is 10.3. The number of H-pyrrole nitrogens is 1. The number of rotatable bonds is 8. The van der Waals surface area contributed by atoms with Crippen LogP contribution in [0.2, 0.25) is 0 Å². The van der Waals surface area contributed by atoms with Gasteiger partial charge in [-0.05, 0) is 60.4 Å². The number of thioether (sulfide) groups is 1. The number of hydrogen-bond acceptors (Lipinski definition) is 4. The molecule has 0 amide bonds. The van der Waals surface area contributed by atoms with Crippen molar-refractivity contribution >= 4 is 22.7 Å². The number of aromatic nitrogens is 1. The Bertz CT molecular complexity index is 969. The monoisotopic (exact) mass is 410 g/mol. The first-order valence-corrected chi connectivity index (χ1v) is 11.7. The van der Waals surface area contributed by atoms with Crippen molar-refractivity contribution in [1.82, 2.24) is 9.88 Å². The first kappa shape index (κ1) is 20.2. The minimum atomic E-state index is 0.402. The molecule has 2 aromatic carbocycles. The Kier molecular flexibility index (Phi) is 6.36. The van der Waals surface area contributed by atoms with Crippen LogP contribution >= 0.6 is 11.8 Å². The predicted molar refractivity (Wildman–Crippen MR) is 123 cm³/mol. The van der Waals surface area contributed by atoms with Gasteiger partial charge < -0.3 is 14.5 Å². The standard InChI is InChI=1S/C24H30N2O2S/c1-27-23-14-17-10-11-26(12-13-29-3)22(20(17)15-24(23)28-2)9-8-18-16-25-21-7-5-4-6-19(18)21/h4-7,14-16,22,25H,8-13H2,1-3H3. The molecule has 0 fully saturated rings. The number of hydrogen-bond donors (Lipinski definition) is 1. The van der Waals surface area contributed by atoms with E-state index < -0.39 is 0 Å². The van der Waals surface area contributed by atoms with Crippen molar-refractivity contribution in [3.8, 4) is 11.5 Å². The second-order valence-corrected chi connectivity index (χ2v) is 8.58. The van der Waals surface area contributed by atoms with E-state index in [0.717, 1.165) is 49.6 Å². The van der Waals surface area contributed by atoms with Crippen molar-refractivity contribution in [3.63, 3.8) is 0 Å². The lowest BCUT2D eigenvalue weighted by atomic mass is 9.88. The Balaban J connectivity index is 1.64. The molecule has 4 rings (SSSR count). The zero-order valence-electron chi connectivity index (χ0n) is 17.5. The number of nitrogens with zero attached hydrogens (tertiary/aromatic N) is 1. The van der Waals surface area contributed by atoms with Crippen molar-refractivity contribution in [1.29, 1.82) is 0 Å². The molecule has 3 aromatic rings. The molecule has 5 heteroatoms. The molecule has 1 aliphatic heterocycles. The minimum Gasteiger partial charge on any atom is -0.493 e. The van der Waals surface area contributed by atoms with Gasteiger partial charge in [0.05, 0.1) is 14.2 Å². The molecule has 154 valence electrons. The van der Waals surface area contributed by atoms with Gasteiger partial charge in [0.15, 0.2) is 11.5 Å². The van der Waals surface area contributed by atoms with Crippen molar-refractivity contribution in [2.45, 2.75) is 25.3 Å². The Morgan fingerprint density at radius 2 is 1.93 bits per heavy atom. The molecule has 1 N–H and O–H groups in total. The Morgan fingerprint density at radius 3 is 2.72 bits per heavy atom. The van der Waals surface area contributed by atoms with E-state index in [1.807, 2.05) is 11.8 Å². The van der Waals surface area contributed by atoms with Gasteiger partial charge in [0.1, 0.15) is 0 Å². The van der Waals surface area contributed by atoms with Crippen LogP contribution in [0.4, 0.5) is 0 Å². The number of methoxy groups -OCH3 is 2. The van der Waals surface area contributed by atoms with Crippen LogP contribution in [0.15, 0.2) is 42.6 Å². The van der Waals surface area contributed by atoms with Crippen LogP contribution in [-0.4, -0.2) is 49.2 Å². The van der Waals surface area contributed by atoms with E-state index in [9.17, 15) is 0 Å². The molecule has 29 heavy (non-hydrogen) atoms. The number of para-hydroxylation sites is 1. The van der Waals surface area contributed by atoms with E-state index >= 15 is 0 Å². The second kappa shape index (κ2) is 9.14. The smallest absolute Gasteiger partial charge is 0.161 e. The van der Waals surface area contributed by atoms with Crippen molar-refractivity contribution in [3.05, 3.63) is 59.3 Å². The quantitative estimate of drug-likeness (QED) is 0.562. The average Bonchev–Trinajstić information content (AvgIpc) is 3.18. The summed E-state index contributed by atoms with van der Waals surface area (Å²) in [6, 6.07) is 13.4. The molecule has 1 aliphatic rings. The van der Waals surface area contributed by atoms with Crippen LogP contribution < -0.4 is 9.47 Å². The largest absolute Gasteiger partial charge is 0.493 e. The summed E-state index contributed by atoms with van der Waals surface area (Å²) in [7, 11) is 3.44. The van der Waals surface area contributed by atoms with Gasteiger partial charge in [-0.15, -0.1) is 0 Å². The Hall–Kier alpha value is -2.11. The lowest BCUT2D eigenvalue weighted by Gasteiger charge is -2.38. The lowest BCUT2D eigenvalue weighted by molar-refractivity contribution is 0.186. The third-order valence-electron chi connectivity index (χ3n) is 6.06. The van der Waals surface area contributed by atoms with Gasteiger partial charge in [0.2, 0.25) is 0 Å². The highest BCUT2D eigenvalue weighted by Gasteiger charge is 2.28. The summed E-state index contributed by atoms with van der Waals surface area (Å²) in [5, 5.41) is 1.34. The summed E-state index contributed by atoms with van der Waals surface area (Å²) >= 11 is 1.92. The molecule has 0 aliphatic carbocycles. The predicted octanol–water partition coefficient (Wildman–Crippen LogP) is 5.08. The van der Waals surface area contributed by atoms with E-state index in [2.05, 4.69) is 58.7 Å². The summed E-state index contributed by atoms with van der Waals surface area (Å²) in [6.07, 6.45) is 7.58. The number of benzene rings is 2. The summed E-state index contributed by atoms with van der Waals surface area (Å²) in [6.45, 7) is 2.22. The highest BCUT2D eigenvalue weighted by atomic mass is 32.2. The molecular formula is C24H30N2O2S. The second-order valence-electron chi connectivity index (χ2n) is 7.60. The van der Waals surface area contributed by atoms with E-state index in [4.69, 9.17) is 9.47 Å². The molecule has 0 saturated heterocycles. The van der Waals surface area contributed by atoms with E-state index in [0.29, 0.717) is 6.04 Å². The summed E-state index contributed by atoms with van der Waals surface area (Å²) < 4.78 is 11.2. The lowest BCUT2D eigenvalue weighted by Crippen LogP contribution is -2.37. The van der Waals surface area contributed by atoms with Crippen LogP contribution in [-0.2, 0) is 12.8 Å². The molecule has 0 bridgehead atoms. The van der Waals surface area contributed by atoms with Crippen LogP contribution in [0.1, 0.15) is 29.2 Å². The van der Waals surface area contributed by atoms with Crippen LogP contribution in [0.3, 0.4) is 0 Å². The zero-order chi connectivity index (χ0) is 20.2. The van der Waals surface area contributed by atoms with Gasteiger partial charge in [-0.1, -0.05) is 18.2 Å². The molecule has 1 unspecified atom stereocenters. The van der Waals surface area contributed by atoms with Crippen molar-refractivity contribution in [2.24, 2.45) is 0 Å². The molecule has 0 radical (unpaired) electrons. The maximum atomic E-state index is 5.62. The minimum absolute atomic E-state index is 0.402. The van der Waals surface area contributed by atoms with Gasteiger partial charge in [-0.2, -0.15) is 11.8 Å². The molecular weight excluding hydrogens is 380 g/mol. The fourth-order valence-corrected chi connectivity index (χ4v) is 4.94. The molecule has 4 nitrogen and oxygen atoms in total. The summed E-state index contributed by atoms with van der Waals surface area (Å²) in [5.41, 5.74) is 5.41. The summed E-state index contributed by atoms with van der Waals surface area (Å²) in [5.74, 6) is 2.82. The van der Waals surface area contributed by atoms with Crippen molar-refractivity contribution in [2.75, 3.05) is 39.3 Å². The molecule has 2 heterocycles. The zero-order valence-corrected chi connectivity index (χ0v) is 18.3. The molecule has 1 aromatic heterocycles. The fourth-order valence-electron chi connectivity index (χ4n) is 4.53. The first-order chi connectivity index (χ1) is 14.2. The highest BCUT2D eigenvalue weighted by Crippen LogP contribution is 2.40. The van der Waals surface area contributed by atoms with E-state index in [-0.39, 0.29) is 0 Å². The number of ether oxygens (including phenoxy) is 2. The number of aryl methyl sites for hydroxylation is 1. The third kappa shape index (κ3) is 4.12. The van der Waals surface area contributed by atoms with Crippen LogP contribution in [0.5, 0.6) is 11.5 Å². The number of aromatic amines is 1. The Morgan fingerprint density at radius 1 is 1.14 bits per heavy atom. The molecule has 0 saturated carbocycles. The van der Waals surface area contributed by atoms with Gasteiger partial charge >= 0.3 is 0 Å². The topological polar surface area (TPSA) is 37.5 Å². The summed E-state index contributed by atoms with van der Waals surface area (Å²) in [4.78, 5) is 6.07. The van der Waals surface area contributed by atoms with Crippen LogP contribution in [0.25, 0.3) is 10.9 Å². The maximum absolute atomic E-state index is 5.62. The molecule has 1 atom stereocenters. The SMILES string of the molecule is COc1cc2c(cc1OC)C(CCc1c[nH]c3ccccc13)N(CCSC)CC2. The number of fused-ring (bicyclic) bond motifs is 2. The Labute approximate surface area is 177 Å². The molecule has 0 spiro atoms. The third-order valence-corrected chi connectivity index (χ3v) is 6.65. The van der Waals surface area contributed by atoms with Gasteiger partial charge in [0, 0.05) is 42.0 Å². The van der Waals surface area contributed by atoms with Crippen LogP contribution in [0, 0.1) is 0 Å². The van der Waals surface area contributed by atoms with Gasteiger partial charge in [-0.3, -0.25) is 4.90 Å². The maximum Gasteiger partial charge on any atom is 0.161 e.